The molecule has 2 unspecified atom stereocenters. The molecule has 21 heavy (non-hydrogen) atoms. The second kappa shape index (κ2) is 6.50. The maximum Gasteiger partial charge on any atom is 0.273 e. The van der Waals surface area contributed by atoms with Crippen LogP contribution in [0.2, 0.25) is 0 Å². The number of aromatic nitrogens is 1. The van der Waals surface area contributed by atoms with Gasteiger partial charge in [0.25, 0.3) is 5.91 Å². The Morgan fingerprint density at radius 3 is 2.90 bits per heavy atom. The number of nitrogens with one attached hydrogen (secondary N) is 1. The molecular formula is C13H20N4O3S. The van der Waals surface area contributed by atoms with E-state index >= 15 is 0 Å². The first kappa shape index (κ1) is 15.9. The van der Waals surface area contributed by atoms with E-state index in [9.17, 15) is 14.7 Å². The molecule has 0 aliphatic carbocycles. The standard InChI is InChI=1S/C13H20N4O3S/c1-8(18)14-13-15-11(7-21-13)12(20)17-6-10(19)4-9(17)5-16(2)3/h7,9-10,19H,4-6H2,1-3H3,(H,14,15,18). The van der Waals surface area contributed by atoms with Gasteiger partial charge in [0.2, 0.25) is 5.91 Å². The summed E-state index contributed by atoms with van der Waals surface area (Å²) in [6.45, 7) is 2.42. The van der Waals surface area contributed by atoms with Gasteiger partial charge in [-0.2, -0.15) is 0 Å². The SMILES string of the molecule is CC(=O)Nc1nc(C(=O)N2CC(O)CC2CN(C)C)cs1. The van der Waals surface area contributed by atoms with Crippen LogP contribution in [0.25, 0.3) is 0 Å². The minimum atomic E-state index is -0.493. The van der Waals surface area contributed by atoms with Crippen molar-refractivity contribution in [2.45, 2.75) is 25.5 Å². The topological polar surface area (TPSA) is 85.8 Å². The van der Waals surface area contributed by atoms with Crippen LogP contribution < -0.4 is 5.32 Å². The molecule has 0 saturated carbocycles. The number of carbonyl (C=O) groups excluding carboxylic acids is 2. The third-order valence-electron chi connectivity index (χ3n) is 3.24. The van der Waals surface area contributed by atoms with Crippen LogP contribution in [0.4, 0.5) is 5.13 Å². The van der Waals surface area contributed by atoms with E-state index in [1.54, 1.807) is 10.3 Å². The Morgan fingerprint density at radius 2 is 2.29 bits per heavy atom. The van der Waals surface area contributed by atoms with E-state index in [0.29, 0.717) is 30.3 Å². The lowest BCUT2D eigenvalue weighted by Crippen LogP contribution is -2.41. The van der Waals surface area contributed by atoms with Crippen molar-refractivity contribution in [1.82, 2.24) is 14.8 Å². The van der Waals surface area contributed by atoms with Crippen molar-refractivity contribution in [2.75, 3.05) is 32.5 Å². The molecule has 1 aliphatic rings. The predicted octanol–water partition coefficient (Wildman–Crippen LogP) is 0.238. The Kier molecular flexibility index (Phi) is 4.92. The molecule has 2 atom stereocenters. The monoisotopic (exact) mass is 312 g/mol. The number of likely N-dealkylation sites (tertiary alicyclic amines) is 1. The highest BCUT2D eigenvalue weighted by Crippen LogP contribution is 2.23. The van der Waals surface area contributed by atoms with Crippen LogP contribution in [0, 0.1) is 0 Å². The van der Waals surface area contributed by atoms with Crippen LogP contribution in [-0.4, -0.2) is 71.0 Å². The van der Waals surface area contributed by atoms with Crippen LogP contribution in [0.3, 0.4) is 0 Å². The zero-order valence-electron chi connectivity index (χ0n) is 12.4. The number of thiazole rings is 1. The fourth-order valence-corrected chi connectivity index (χ4v) is 3.19. The summed E-state index contributed by atoms with van der Waals surface area (Å²) < 4.78 is 0. The Morgan fingerprint density at radius 1 is 1.57 bits per heavy atom. The molecule has 1 aromatic heterocycles. The minimum absolute atomic E-state index is 0.0200. The molecule has 0 aromatic carbocycles. The Bertz CT molecular complexity index is 531. The van der Waals surface area contributed by atoms with Gasteiger partial charge >= 0.3 is 0 Å². The van der Waals surface area contributed by atoms with Crippen molar-refractivity contribution in [2.24, 2.45) is 0 Å². The number of amides is 2. The summed E-state index contributed by atoms with van der Waals surface area (Å²) in [4.78, 5) is 31.3. The van der Waals surface area contributed by atoms with Gasteiger partial charge in [-0.05, 0) is 20.5 Å². The summed E-state index contributed by atoms with van der Waals surface area (Å²) in [5, 5.41) is 14.4. The van der Waals surface area contributed by atoms with Crippen LogP contribution in [0.1, 0.15) is 23.8 Å². The van der Waals surface area contributed by atoms with E-state index in [4.69, 9.17) is 0 Å². The average Bonchev–Trinajstić information content (AvgIpc) is 2.94. The van der Waals surface area contributed by atoms with Gasteiger partial charge < -0.3 is 20.2 Å². The van der Waals surface area contributed by atoms with E-state index in [1.807, 2.05) is 19.0 Å². The number of carbonyl (C=O) groups is 2. The first-order chi connectivity index (χ1) is 9.86. The van der Waals surface area contributed by atoms with Crippen molar-refractivity contribution < 1.29 is 14.7 Å². The molecule has 2 heterocycles. The molecule has 1 aromatic rings. The molecule has 0 bridgehead atoms. The molecule has 0 radical (unpaired) electrons. The second-order valence-electron chi connectivity index (χ2n) is 5.48. The number of aliphatic hydroxyl groups is 1. The first-order valence-corrected chi connectivity index (χ1v) is 7.61. The maximum atomic E-state index is 12.5. The maximum absolute atomic E-state index is 12.5. The number of rotatable bonds is 4. The third-order valence-corrected chi connectivity index (χ3v) is 3.99. The van der Waals surface area contributed by atoms with Gasteiger partial charge in [0, 0.05) is 31.4 Å². The quantitative estimate of drug-likeness (QED) is 0.832. The number of nitrogens with zero attached hydrogens (tertiary/aromatic N) is 3. The highest BCUT2D eigenvalue weighted by Gasteiger charge is 2.35. The van der Waals surface area contributed by atoms with Crippen LogP contribution in [0.15, 0.2) is 5.38 Å². The summed E-state index contributed by atoms with van der Waals surface area (Å²) in [7, 11) is 3.87. The molecule has 8 heteroatoms. The van der Waals surface area contributed by atoms with E-state index in [-0.39, 0.29) is 17.9 Å². The normalized spacial score (nSPS) is 21.9. The molecule has 2 N–H and O–H groups in total. The van der Waals surface area contributed by atoms with E-state index in [0.717, 1.165) is 0 Å². The fourth-order valence-electron chi connectivity index (χ4n) is 2.46. The lowest BCUT2D eigenvalue weighted by Gasteiger charge is -2.26. The predicted molar refractivity (Wildman–Crippen MR) is 80.4 cm³/mol. The molecule has 0 spiro atoms. The number of anilines is 1. The fraction of sp³-hybridized carbons (Fsp3) is 0.615. The van der Waals surface area contributed by atoms with Crippen molar-refractivity contribution in [1.29, 1.82) is 0 Å². The highest BCUT2D eigenvalue weighted by atomic mass is 32.1. The van der Waals surface area contributed by atoms with Crippen LogP contribution >= 0.6 is 11.3 Å². The van der Waals surface area contributed by atoms with E-state index in [1.165, 1.54) is 18.3 Å². The van der Waals surface area contributed by atoms with E-state index < -0.39 is 6.10 Å². The largest absolute Gasteiger partial charge is 0.391 e. The zero-order valence-corrected chi connectivity index (χ0v) is 13.2. The summed E-state index contributed by atoms with van der Waals surface area (Å²) in [5.41, 5.74) is 0.307. The van der Waals surface area contributed by atoms with Crippen molar-refractivity contribution in [3.8, 4) is 0 Å². The van der Waals surface area contributed by atoms with E-state index in [2.05, 4.69) is 10.3 Å². The molecular weight excluding hydrogens is 292 g/mol. The Hall–Kier alpha value is -1.51. The number of hydrogen-bond donors (Lipinski definition) is 2. The van der Waals surface area contributed by atoms with Crippen molar-refractivity contribution >= 4 is 28.3 Å². The number of β-amino-alcohol motifs (C(OH)–C–C–N with tert-alkyl or cyclic N) is 1. The van der Waals surface area contributed by atoms with Crippen LogP contribution in [-0.2, 0) is 4.79 Å². The molecule has 1 saturated heterocycles. The zero-order chi connectivity index (χ0) is 15.6. The Balaban J connectivity index is 2.10. The smallest absolute Gasteiger partial charge is 0.273 e. The molecule has 2 amide bonds. The van der Waals surface area contributed by atoms with Crippen molar-refractivity contribution in [3.05, 3.63) is 11.1 Å². The number of hydrogen-bond acceptors (Lipinski definition) is 6. The first-order valence-electron chi connectivity index (χ1n) is 6.73. The van der Waals surface area contributed by atoms with Gasteiger partial charge in [0.15, 0.2) is 5.13 Å². The van der Waals surface area contributed by atoms with Gasteiger partial charge in [-0.1, -0.05) is 0 Å². The molecule has 1 aliphatic heterocycles. The summed E-state index contributed by atoms with van der Waals surface area (Å²) in [6, 6.07) is -0.0200. The molecule has 116 valence electrons. The molecule has 2 rings (SSSR count). The van der Waals surface area contributed by atoms with Gasteiger partial charge in [-0.15, -0.1) is 11.3 Å². The lowest BCUT2D eigenvalue weighted by atomic mass is 10.2. The van der Waals surface area contributed by atoms with Gasteiger partial charge in [0.05, 0.1) is 6.10 Å². The highest BCUT2D eigenvalue weighted by molar-refractivity contribution is 7.14. The second-order valence-corrected chi connectivity index (χ2v) is 6.34. The van der Waals surface area contributed by atoms with Crippen molar-refractivity contribution in [3.63, 3.8) is 0 Å². The lowest BCUT2D eigenvalue weighted by molar-refractivity contribution is -0.114. The summed E-state index contributed by atoms with van der Waals surface area (Å²) in [6.07, 6.45) is 0.0828. The van der Waals surface area contributed by atoms with Gasteiger partial charge in [-0.25, -0.2) is 4.98 Å². The molecule has 7 nitrogen and oxygen atoms in total. The van der Waals surface area contributed by atoms with Gasteiger partial charge in [-0.3, -0.25) is 9.59 Å². The minimum Gasteiger partial charge on any atom is -0.391 e. The molecule has 1 fully saturated rings. The third kappa shape index (κ3) is 3.99. The average molecular weight is 312 g/mol. The number of aliphatic hydroxyl groups excluding tert-OH is 1. The summed E-state index contributed by atoms with van der Waals surface area (Å²) in [5.74, 6) is -0.420. The van der Waals surface area contributed by atoms with Crippen LogP contribution in [0.5, 0.6) is 0 Å². The Labute approximate surface area is 127 Å². The van der Waals surface area contributed by atoms with Gasteiger partial charge in [0.1, 0.15) is 5.69 Å². The number of likely N-dealkylation sites (N-methyl/N-ethyl adjacent to an activating group) is 1. The summed E-state index contributed by atoms with van der Waals surface area (Å²) >= 11 is 1.22.